The van der Waals surface area contributed by atoms with Gasteiger partial charge >= 0.3 is 15.6 Å². The summed E-state index contributed by atoms with van der Waals surface area (Å²) in [5.41, 5.74) is -2.80. The highest BCUT2D eigenvalue weighted by molar-refractivity contribution is 7.88. The summed E-state index contributed by atoms with van der Waals surface area (Å²) in [7, 11) is -5.79. The molecule has 0 aromatic heterocycles. The van der Waals surface area contributed by atoms with E-state index in [1.807, 2.05) is 55.5 Å². The molecule has 0 unspecified atom stereocenters. The Bertz CT molecular complexity index is 1390. The van der Waals surface area contributed by atoms with E-state index in [2.05, 4.69) is 4.18 Å². The van der Waals surface area contributed by atoms with Crippen LogP contribution in [0.3, 0.4) is 0 Å². The Morgan fingerprint density at radius 3 is 1.97 bits per heavy atom. The number of benzene rings is 4. The summed E-state index contributed by atoms with van der Waals surface area (Å²) in [6, 6.07) is 20.1. The summed E-state index contributed by atoms with van der Waals surface area (Å²) in [6.45, 7) is 3.49. The first-order chi connectivity index (χ1) is 14.1. The van der Waals surface area contributed by atoms with Crippen LogP contribution < -0.4 is 4.18 Å². The van der Waals surface area contributed by atoms with Gasteiger partial charge in [0.25, 0.3) is 0 Å². The van der Waals surface area contributed by atoms with Gasteiger partial charge in [0.2, 0.25) is 0 Å². The molecule has 30 heavy (non-hydrogen) atoms. The number of halogens is 3. The SMILES string of the molecule is Cc1ccc2ccccc2c1-c1c(C)c(OS(=O)(=O)C(F)(F)F)cc2ccccc12. The van der Waals surface area contributed by atoms with Gasteiger partial charge in [-0.25, -0.2) is 0 Å². The van der Waals surface area contributed by atoms with Gasteiger partial charge in [-0.1, -0.05) is 60.7 Å². The zero-order chi connectivity index (χ0) is 21.7. The predicted octanol–water partition coefficient (Wildman–Crippen LogP) is 6.51. The smallest absolute Gasteiger partial charge is 0.376 e. The van der Waals surface area contributed by atoms with Crippen LogP contribution in [-0.2, 0) is 10.1 Å². The first-order valence-electron chi connectivity index (χ1n) is 9.12. The van der Waals surface area contributed by atoms with E-state index in [0.29, 0.717) is 16.5 Å². The molecule has 0 saturated carbocycles. The molecule has 0 bridgehead atoms. The largest absolute Gasteiger partial charge is 0.534 e. The quantitative estimate of drug-likeness (QED) is 0.275. The van der Waals surface area contributed by atoms with Crippen LogP contribution in [0.1, 0.15) is 11.1 Å². The standard InChI is InChI=1S/C23H17F3O3S/c1-14-11-12-16-7-3-5-9-18(16)21(14)22-15(2)20(29-30(27,28)23(24,25)26)13-17-8-4-6-10-19(17)22/h3-13H,1-2H3. The summed E-state index contributed by atoms with van der Waals surface area (Å²) < 4.78 is 66.8. The Morgan fingerprint density at radius 2 is 1.33 bits per heavy atom. The molecule has 0 atom stereocenters. The average Bonchev–Trinajstić information content (AvgIpc) is 2.68. The van der Waals surface area contributed by atoms with E-state index in [-0.39, 0.29) is 5.75 Å². The summed E-state index contributed by atoms with van der Waals surface area (Å²) >= 11 is 0. The number of fused-ring (bicyclic) bond motifs is 2. The highest BCUT2D eigenvalue weighted by atomic mass is 32.2. The van der Waals surface area contributed by atoms with Gasteiger partial charge in [0.1, 0.15) is 5.75 Å². The lowest BCUT2D eigenvalue weighted by molar-refractivity contribution is -0.0500. The molecule has 7 heteroatoms. The fourth-order valence-electron chi connectivity index (χ4n) is 3.71. The Hall–Kier alpha value is -3.06. The molecule has 0 fully saturated rings. The molecule has 0 amide bonds. The third kappa shape index (κ3) is 3.29. The van der Waals surface area contributed by atoms with E-state index in [9.17, 15) is 21.6 Å². The van der Waals surface area contributed by atoms with Crippen LogP contribution in [0.5, 0.6) is 5.75 Å². The van der Waals surface area contributed by atoms with E-state index < -0.39 is 15.6 Å². The summed E-state index contributed by atoms with van der Waals surface area (Å²) in [5.74, 6) is -0.339. The molecule has 3 nitrogen and oxygen atoms in total. The van der Waals surface area contributed by atoms with Crippen LogP contribution in [0, 0.1) is 13.8 Å². The zero-order valence-electron chi connectivity index (χ0n) is 16.1. The van der Waals surface area contributed by atoms with Crippen LogP contribution in [-0.4, -0.2) is 13.9 Å². The molecule has 0 aliphatic rings. The molecule has 0 spiro atoms. The number of hydrogen-bond donors (Lipinski definition) is 0. The van der Waals surface area contributed by atoms with Gasteiger partial charge < -0.3 is 4.18 Å². The normalized spacial score (nSPS) is 12.4. The minimum Gasteiger partial charge on any atom is -0.376 e. The van der Waals surface area contributed by atoms with Crippen molar-refractivity contribution in [2.45, 2.75) is 19.4 Å². The van der Waals surface area contributed by atoms with E-state index in [4.69, 9.17) is 0 Å². The van der Waals surface area contributed by atoms with Crippen LogP contribution >= 0.6 is 0 Å². The first-order valence-corrected chi connectivity index (χ1v) is 10.5. The fourth-order valence-corrected chi connectivity index (χ4v) is 4.22. The minimum absolute atomic E-state index is 0.320. The second-order valence-corrected chi connectivity index (χ2v) is 8.60. The molecule has 4 aromatic rings. The molecule has 0 heterocycles. The average molecular weight is 430 g/mol. The third-order valence-corrected chi connectivity index (χ3v) is 6.10. The van der Waals surface area contributed by atoms with Crippen molar-refractivity contribution < 1.29 is 25.8 Å². The van der Waals surface area contributed by atoms with Gasteiger partial charge in [0, 0.05) is 5.56 Å². The van der Waals surface area contributed by atoms with Gasteiger partial charge in [0.05, 0.1) is 0 Å². The van der Waals surface area contributed by atoms with Crippen molar-refractivity contribution >= 4 is 31.7 Å². The number of hydrogen-bond acceptors (Lipinski definition) is 3. The number of aryl methyl sites for hydroxylation is 1. The van der Waals surface area contributed by atoms with E-state index in [1.165, 1.54) is 6.07 Å². The van der Waals surface area contributed by atoms with Gasteiger partial charge in [-0.05, 0) is 58.1 Å². The summed E-state index contributed by atoms with van der Waals surface area (Å²) in [6.07, 6.45) is 0. The van der Waals surface area contributed by atoms with Gasteiger partial charge in [-0.2, -0.15) is 21.6 Å². The van der Waals surface area contributed by atoms with Crippen LogP contribution in [0.25, 0.3) is 32.7 Å². The van der Waals surface area contributed by atoms with Gasteiger partial charge in [0.15, 0.2) is 0 Å². The van der Waals surface area contributed by atoms with Crippen molar-refractivity contribution in [3.05, 3.63) is 77.9 Å². The predicted molar refractivity (Wildman–Crippen MR) is 112 cm³/mol. The molecule has 0 aliphatic carbocycles. The second kappa shape index (κ2) is 7.02. The van der Waals surface area contributed by atoms with Crippen LogP contribution in [0.2, 0.25) is 0 Å². The Morgan fingerprint density at radius 1 is 0.767 bits per heavy atom. The second-order valence-electron chi connectivity index (χ2n) is 7.06. The monoisotopic (exact) mass is 430 g/mol. The van der Waals surface area contributed by atoms with E-state index >= 15 is 0 Å². The molecule has 0 saturated heterocycles. The molecular weight excluding hydrogens is 413 g/mol. The molecule has 4 rings (SSSR count). The van der Waals surface area contributed by atoms with Crippen LogP contribution in [0.4, 0.5) is 13.2 Å². The van der Waals surface area contributed by atoms with Gasteiger partial charge in [-0.15, -0.1) is 0 Å². The summed E-state index contributed by atoms with van der Waals surface area (Å²) in [4.78, 5) is 0. The van der Waals surface area contributed by atoms with Gasteiger partial charge in [-0.3, -0.25) is 0 Å². The lowest BCUT2D eigenvalue weighted by Crippen LogP contribution is -2.28. The highest BCUT2D eigenvalue weighted by Crippen LogP contribution is 2.43. The molecule has 0 N–H and O–H groups in total. The third-order valence-electron chi connectivity index (χ3n) is 5.13. The lowest BCUT2D eigenvalue weighted by atomic mass is 9.87. The lowest BCUT2D eigenvalue weighted by Gasteiger charge is -2.19. The maximum atomic E-state index is 12.9. The maximum absolute atomic E-state index is 12.9. The van der Waals surface area contributed by atoms with Crippen molar-refractivity contribution in [1.82, 2.24) is 0 Å². The molecule has 4 aromatic carbocycles. The number of alkyl halides is 3. The Labute approximate surface area is 171 Å². The summed E-state index contributed by atoms with van der Waals surface area (Å²) in [5, 5.41) is 3.27. The zero-order valence-corrected chi connectivity index (χ0v) is 16.9. The van der Waals surface area contributed by atoms with Crippen molar-refractivity contribution in [1.29, 1.82) is 0 Å². The van der Waals surface area contributed by atoms with Crippen LogP contribution in [0.15, 0.2) is 66.7 Å². The van der Waals surface area contributed by atoms with Crippen molar-refractivity contribution in [2.75, 3.05) is 0 Å². The number of rotatable bonds is 3. The Kier molecular flexibility index (Phi) is 4.73. The maximum Gasteiger partial charge on any atom is 0.534 e. The first kappa shape index (κ1) is 20.2. The van der Waals surface area contributed by atoms with Crippen molar-refractivity contribution in [3.63, 3.8) is 0 Å². The fraction of sp³-hybridized carbons (Fsp3) is 0.130. The van der Waals surface area contributed by atoms with Crippen molar-refractivity contribution in [3.8, 4) is 16.9 Å². The molecular formula is C23H17F3O3S. The molecule has 0 radical (unpaired) electrons. The molecule has 0 aliphatic heterocycles. The Balaban J connectivity index is 2.09. The topological polar surface area (TPSA) is 43.4 Å². The molecule has 154 valence electrons. The highest BCUT2D eigenvalue weighted by Gasteiger charge is 2.48. The van der Waals surface area contributed by atoms with E-state index in [1.54, 1.807) is 19.1 Å². The van der Waals surface area contributed by atoms with Crippen molar-refractivity contribution in [2.24, 2.45) is 0 Å². The van der Waals surface area contributed by atoms with E-state index in [0.717, 1.165) is 27.3 Å². The minimum atomic E-state index is -5.79.